The van der Waals surface area contributed by atoms with Crippen LogP contribution in [-0.2, 0) is 9.59 Å². The Kier molecular flexibility index (Phi) is 4.92. The fourth-order valence-electron chi connectivity index (χ4n) is 4.14. The molecule has 1 aromatic rings. The molecule has 1 aliphatic carbocycles. The fourth-order valence-corrected chi connectivity index (χ4v) is 4.14. The zero-order valence-corrected chi connectivity index (χ0v) is 14.7. The Balaban J connectivity index is 1.75. The molecule has 0 bridgehead atoms. The van der Waals surface area contributed by atoms with Gasteiger partial charge in [0.05, 0.1) is 6.04 Å². The number of nitrogens with zero attached hydrogens (tertiary/aromatic N) is 3. The van der Waals surface area contributed by atoms with Crippen molar-refractivity contribution in [3.63, 3.8) is 0 Å². The van der Waals surface area contributed by atoms with Gasteiger partial charge >= 0.3 is 0 Å². The Morgan fingerprint density at radius 1 is 1.25 bits per heavy atom. The van der Waals surface area contributed by atoms with E-state index < -0.39 is 5.54 Å². The molecule has 2 aliphatic rings. The first-order valence-electron chi connectivity index (χ1n) is 9.07. The smallest absolute Gasteiger partial charge is 0.248 e. The first-order valence-corrected chi connectivity index (χ1v) is 9.07. The van der Waals surface area contributed by atoms with Gasteiger partial charge in [0.15, 0.2) is 0 Å². The first kappa shape index (κ1) is 17.0. The normalized spacial score (nSPS) is 30.8. The maximum Gasteiger partial charge on any atom is 0.248 e. The average Bonchev–Trinajstić information content (AvgIpc) is 3.11. The number of piperidine rings is 1. The molecule has 1 atom stereocenters. The van der Waals surface area contributed by atoms with Crippen molar-refractivity contribution in [3.05, 3.63) is 18.5 Å². The number of carbonyl (C=O) groups excluding carboxylic acids is 2. The second-order valence-electron chi connectivity index (χ2n) is 7.48. The van der Waals surface area contributed by atoms with Gasteiger partial charge in [-0.1, -0.05) is 6.92 Å². The van der Waals surface area contributed by atoms with Gasteiger partial charge in [-0.25, -0.2) is 0 Å². The van der Waals surface area contributed by atoms with Gasteiger partial charge in [-0.15, -0.1) is 0 Å². The molecule has 2 heterocycles. The molecule has 132 valence electrons. The molecule has 6 heteroatoms. The summed E-state index contributed by atoms with van der Waals surface area (Å²) in [6.45, 7) is 5.18. The predicted octanol–water partition coefficient (Wildman–Crippen LogP) is 2.13. The van der Waals surface area contributed by atoms with E-state index in [9.17, 15) is 9.59 Å². The third-order valence-corrected chi connectivity index (χ3v) is 5.54. The van der Waals surface area contributed by atoms with Crippen LogP contribution in [-0.4, -0.2) is 45.1 Å². The van der Waals surface area contributed by atoms with E-state index in [0.717, 1.165) is 45.1 Å². The van der Waals surface area contributed by atoms with Gasteiger partial charge in [-0.3, -0.25) is 14.3 Å². The lowest BCUT2D eigenvalue weighted by Crippen LogP contribution is -2.61. The summed E-state index contributed by atoms with van der Waals surface area (Å²) in [5.41, 5.74) is -0.704. The average molecular weight is 332 g/mol. The van der Waals surface area contributed by atoms with E-state index in [1.165, 1.54) is 6.92 Å². The van der Waals surface area contributed by atoms with E-state index in [0.29, 0.717) is 12.5 Å². The van der Waals surface area contributed by atoms with Gasteiger partial charge in [0.25, 0.3) is 0 Å². The number of hydrogen-bond donors (Lipinski definition) is 1. The van der Waals surface area contributed by atoms with Gasteiger partial charge in [0, 0.05) is 32.4 Å². The van der Waals surface area contributed by atoms with Crippen molar-refractivity contribution in [1.82, 2.24) is 20.0 Å². The summed E-state index contributed by atoms with van der Waals surface area (Å²) in [6, 6.07) is 2.15. The van der Waals surface area contributed by atoms with E-state index in [1.54, 1.807) is 6.20 Å². The minimum atomic E-state index is -0.704. The maximum atomic E-state index is 13.3. The first-order chi connectivity index (χ1) is 11.5. The number of likely N-dealkylation sites (tertiary alicyclic amines) is 1. The highest BCUT2D eigenvalue weighted by molar-refractivity contribution is 5.91. The van der Waals surface area contributed by atoms with E-state index in [2.05, 4.69) is 17.3 Å². The Hall–Kier alpha value is -1.85. The Morgan fingerprint density at radius 2 is 2.00 bits per heavy atom. The van der Waals surface area contributed by atoms with Crippen LogP contribution in [0.1, 0.15) is 58.4 Å². The molecule has 6 nitrogen and oxygen atoms in total. The van der Waals surface area contributed by atoms with Crippen molar-refractivity contribution >= 4 is 11.8 Å². The molecule has 2 amide bonds. The number of nitrogens with one attached hydrogen (secondary N) is 1. The molecule has 1 aliphatic heterocycles. The van der Waals surface area contributed by atoms with Gasteiger partial charge in [0.1, 0.15) is 5.54 Å². The molecular weight excluding hydrogens is 304 g/mol. The molecule has 1 aromatic heterocycles. The summed E-state index contributed by atoms with van der Waals surface area (Å²) < 4.78 is 1.95. The van der Waals surface area contributed by atoms with Crippen LogP contribution in [0.25, 0.3) is 0 Å². The highest BCUT2D eigenvalue weighted by atomic mass is 16.2. The van der Waals surface area contributed by atoms with E-state index >= 15 is 0 Å². The van der Waals surface area contributed by atoms with Crippen LogP contribution in [0.5, 0.6) is 0 Å². The zero-order chi connectivity index (χ0) is 17.2. The van der Waals surface area contributed by atoms with Crippen LogP contribution in [0.3, 0.4) is 0 Å². The lowest BCUT2D eigenvalue weighted by atomic mass is 9.76. The topological polar surface area (TPSA) is 67.2 Å². The van der Waals surface area contributed by atoms with Crippen LogP contribution >= 0.6 is 0 Å². The van der Waals surface area contributed by atoms with Crippen molar-refractivity contribution in [2.75, 3.05) is 13.1 Å². The number of hydrogen-bond acceptors (Lipinski definition) is 3. The molecule has 1 saturated carbocycles. The number of aromatic nitrogens is 2. The quantitative estimate of drug-likeness (QED) is 0.922. The fraction of sp³-hybridized carbons (Fsp3) is 0.722. The van der Waals surface area contributed by atoms with Crippen molar-refractivity contribution in [1.29, 1.82) is 0 Å². The maximum absolute atomic E-state index is 13.3. The number of carbonyl (C=O) groups is 2. The molecule has 0 aromatic carbocycles. The van der Waals surface area contributed by atoms with Crippen LogP contribution in [0.15, 0.2) is 18.5 Å². The van der Waals surface area contributed by atoms with Crippen LogP contribution in [0, 0.1) is 5.92 Å². The van der Waals surface area contributed by atoms with Gasteiger partial charge in [-0.2, -0.15) is 5.10 Å². The van der Waals surface area contributed by atoms with E-state index in [-0.39, 0.29) is 17.9 Å². The van der Waals surface area contributed by atoms with Crippen LogP contribution < -0.4 is 5.32 Å². The molecular formula is C18H28N4O2. The molecule has 1 unspecified atom stereocenters. The van der Waals surface area contributed by atoms with Gasteiger partial charge in [-0.05, 0) is 50.5 Å². The number of rotatable bonds is 3. The van der Waals surface area contributed by atoms with E-state index in [4.69, 9.17) is 0 Å². The van der Waals surface area contributed by atoms with Gasteiger partial charge in [0.2, 0.25) is 11.8 Å². The van der Waals surface area contributed by atoms with E-state index in [1.807, 2.05) is 21.8 Å². The Labute approximate surface area is 143 Å². The third-order valence-electron chi connectivity index (χ3n) is 5.54. The monoisotopic (exact) mass is 332 g/mol. The molecule has 24 heavy (non-hydrogen) atoms. The third kappa shape index (κ3) is 3.47. The Bertz CT molecular complexity index is 576. The second-order valence-corrected chi connectivity index (χ2v) is 7.48. The van der Waals surface area contributed by atoms with Crippen LogP contribution in [0.2, 0.25) is 0 Å². The molecule has 1 saturated heterocycles. The van der Waals surface area contributed by atoms with Crippen molar-refractivity contribution in [2.24, 2.45) is 5.92 Å². The van der Waals surface area contributed by atoms with Gasteiger partial charge < -0.3 is 10.2 Å². The van der Waals surface area contributed by atoms with Crippen molar-refractivity contribution in [3.8, 4) is 0 Å². The molecule has 0 spiro atoms. The minimum Gasteiger partial charge on any atom is -0.342 e. The second kappa shape index (κ2) is 6.95. The lowest BCUT2D eigenvalue weighted by Gasteiger charge is -2.43. The largest absolute Gasteiger partial charge is 0.342 e. The standard InChI is InChI=1S/C18H28N4O2/c1-14-6-8-18(9-7-14,20-15(2)23)17(24)21-11-3-5-16(13-21)22-12-4-10-19-22/h4,10,12,14,16H,3,5-9,11,13H2,1-2H3,(H,20,23). The molecule has 1 N–H and O–H groups in total. The molecule has 2 fully saturated rings. The Morgan fingerprint density at radius 3 is 2.62 bits per heavy atom. The summed E-state index contributed by atoms with van der Waals surface area (Å²) in [5.74, 6) is 0.609. The summed E-state index contributed by atoms with van der Waals surface area (Å²) in [5, 5.41) is 7.34. The van der Waals surface area contributed by atoms with Crippen molar-refractivity contribution in [2.45, 2.75) is 64.0 Å². The summed E-state index contributed by atoms with van der Waals surface area (Å²) in [4.78, 5) is 27.0. The minimum absolute atomic E-state index is 0.0986. The van der Waals surface area contributed by atoms with Crippen LogP contribution in [0.4, 0.5) is 0 Å². The van der Waals surface area contributed by atoms with Crippen molar-refractivity contribution < 1.29 is 9.59 Å². The molecule has 3 rings (SSSR count). The number of amides is 2. The zero-order valence-electron chi connectivity index (χ0n) is 14.7. The summed E-state index contributed by atoms with van der Waals surface area (Å²) in [6.07, 6.45) is 9.22. The SMILES string of the molecule is CC(=O)NC1(C(=O)N2CCCC(n3cccn3)C2)CCC(C)CC1. The predicted molar refractivity (Wildman–Crippen MR) is 91.3 cm³/mol. The lowest BCUT2D eigenvalue weighted by molar-refractivity contribution is -0.145. The summed E-state index contributed by atoms with van der Waals surface area (Å²) in [7, 11) is 0. The highest BCUT2D eigenvalue weighted by Gasteiger charge is 2.45. The summed E-state index contributed by atoms with van der Waals surface area (Å²) >= 11 is 0. The highest BCUT2D eigenvalue weighted by Crippen LogP contribution is 2.34. The molecule has 0 radical (unpaired) electrons.